The van der Waals surface area contributed by atoms with Gasteiger partial charge in [0.2, 0.25) is 6.29 Å². The Morgan fingerprint density at radius 2 is 1.58 bits per heavy atom. The molecule has 0 spiro atoms. The fraction of sp³-hybridized carbons (Fsp3) is 0.367. The standard InChI is InChI=1S/C30H34F2NO4Si/c1-20-18-33(28(34)29(35)37-20)27(21-15-16-25(31)26(32)17-21)24(30(2,3)4)19-36-38(22-11-7-5-8-12-22)23-13-9-6-10-14-23/h5-17,20,24,27,29,35H,18-19H2,1-4H3/t20?,24-,27-,29-/m0/s1. The molecule has 1 radical (unpaired) electrons. The van der Waals surface area contributed by atoms with Gasteiger partial charge in [-0.1, -0.05) is 87.5 Å². The molecule has 0 saturated carbocycles. The lowest BCUT2D eigenvalue weighted by atomic mass is 9.73. The zero-order valence-electron chi connectivity index (χ0n) is 22.1. The van der Waals surface area contributed by atoms with Crippen molar-refractivity contribution < 1.29 is 27.8 Å². The third kappa shape index (κ3) is 6.38. The molecule has 201 valence electrons. The van der Waals surface area contributed by atoms with Gasteiger partial charge in [0.05, 0.1) is 12.1 Å². The molecular formula is C30H34F2NO4Si. The van der Waals surface area contributed by atoms with E-state index in [1.165, 1.54) is 11.0 Å². The van der Waals surface area contributed by atoms with Crippen LogP contribution in [0.4, 0.5) is 8.78 Å². The molecule has 1 N–H and O–H groups in total. The first-order chi connectivity index (χ1) is 18.1. The molecule has 1 amide bonds. The minimum Gasteiger partial charge on any atom is -0.407 e. The number of hydrogen-bond donors (Lipinski definition) is 1. The molecule has 1 aliphatic rings. The number of benzene rings is 3. The first kappa shape index (κ1) is 28.1. The average molecular weight is 539 g/mol. The highest BCUT2D eigenvalue weighted by Crippen LogP contribution is 2.42. The topological polar surface area (TPSA) is 59.0 Å². The number of carbonyl (C=O) groups is 1. The van der Waals surface area contributed by atoms with Crippen molar-refractivity contribution in [1.29, 1.82) is 0 Å². The van der Waals surface area contributed by atoms with E-state index < -0.39 is 50.4 Å². The minimum atomic E-state index is -1.66. The largest absolute Gasteiger partial charge is 0.407 e. The summed E-state index contributed by atoms with van der Waals surface area (Å²) < 4.78 is 40.5. The fourth-order valence-corrected chi connectivity index (χ4v) is 6.91. The van der Waals surface area contributed by atoms with E-state index in [1.807, 2.05) is 81.4 Å². The SMILES string of the molecule is CC1CN([C@@H](c2ccc(F)c(F)c2)[C@H](CO[Si](c2ccccc2)c2ccccc2)C(C)(C)C)C(=O)[C@@H](O)O1. The van der Waals surface area contributed by atoms with Gasteiger partial charge in [0.25, 0.3) is 14.9 Å². The maximum absolute atomic E-state index is 14.5. The van der Waals surface area contributed by atoms with Gasteiger partial charge in [0, 0.05) is 19.1 Å². The molecule has 1 unspecified atom stereocenters. The molecule has 0 bridgehead atoms. The van der Waals surface area contributed by atoms with E-state index in [-0.39, 0.29) is 19.1 Å². The highest BCUT2D eigenvalue weighted by molar-refractivity contribution is 6.80. The maximum Gasteiger partial charge on any atom is 0.282 e. The molecule has 0 aliphatic carbocycles. The summed E-state index contributed by atoms with van der Waals surface area (Å²) in [7, 11) is -1.66. The molecule has 38 heavy (non-hydrogen) atoms. The van der Waals surface area contributed by atoms with E-state index in [0.717, 1.165) is 22.5 Å². The third-order valence-corrected chi connectivity index (χ3v) is 9.07. The van der Waals surface area contributed by atoms with Gasteiger partial charge in [-0.15, -0.1) is 0 Å². The quantitative estimate of drug-likeness (QED) is 0.440. The van der Waals surface area contributed by atoms with Crippen molar-refractivity contribution in [3.05, 3.63) is 96.1 Å². The van der Waals surface area contributed by atoms with Crippen LogP contribution >= 0.6 is 0 Å². The molecule has 1 saturated heterocycles. The van der Waals surface area contributed by atoms with Crippen molar-refractivity contribution in [3.63, 3.8) is 0 Å². The molecule has 3 aromatic carbocycles. The number of halogens is 2. The molecule has 4 atom stereocenters. The van der Waals surface area contributed by atoms with Gasteiger partial charge in [-0.2, -0.15) is 0 Å². The van der Waals surface area contributed by atoms with Crippen molar-refractivity contribution in [2.24, 2.45) is 11.3 Å². The van der Waals surface area contributed by atoms with Crippen LogP contribution in [0.5, 0.6) is 0 Å². The van der Waals surface area contributed by atoms with E-state index in [2.05, 4.69) is 0 Å². The molecule has 4 rings (SSSR count). The second kappa shape index (κ2) is 11.9. The first-order valence-corrected chi connectivity index (χ1v) is 14.2. The summed E-state index contributed by atoms with van der Waals surface area (Å²) >= 11 is 0. The zero-order chi connectivity index (χ0) is 27.4. The fourth-order valence-electron chi connectivity index (χ4n) is 4.91. The number of nitrogens with zero attached hydrogens (tertiary/aromatic N) is 1. The molecule has 8 heteroatoms. The van der Waals surface area contributed by atoms with Crippen molar-refractivity contribution >= 4 is 25.3 Å². The molecule has 1 fully saturated rings. The van der Waals surface area contributed by atoms with Crippen LogP contribution in [0.3, 0.4) is 0 Å². The summed E-state index contributed by atoms with van der Waals surface area (Å²) in [6.07, 6.45) is -2.06. The third-order valence-electron chi connectivity index (χ3n) is 6.90. The molecule has 5 nitrogen and oxygen atoms in total. The van der Waals surface area contributed by atoms with E-state index in [1.54, 1.807) is 6.92 Å². The summed E-state index contributed by atoms with van der Waals surface area (Å²) in [6.45, 7) is 8.32. The molecular weight excluding hydrogens is 504 g/mol. The molecule has 3 aromatic rings. The van der Waals surface area contributed by atoms with Gasteiger partial charge in [-0.3, -0.25) is 4.79 Å². The Morgan fingerprint density at radius 1 is 1.00 bits per heavy atom. The highest BCUT2D eigenvalue weighted by atomic mass is 28.3. The number of amides is 1. The van der Waals surface area contributed by atoms with Crippen LogP contribution in [0.15, 0.2) is 78.9 Å². The van der Waals surface area contributed by atoms with Gasteiger partial charge in [-0.25, -0.2) is 8.78 Å². The number of ether oxygens (including phenoxy) is 1. The number of morpholine rings is 1. The number of aliphatic hydroxyl groups is 1. The predicted molar refractivity (Wildman–Crippen MR) is 144 cm³/mol. The smallest absolute Gasteiger partial charge is 0.282 e. The second-order valence-electron chi connectivity index (χ2n) is 10.8. The Balaban J connectivity index is 1.76. The lowest BCUT2D eigenvalue weighted by Gasteiger charge is -2.46. The van der Waals surface area contributed by atoms with Crippen molar-refractivity contribution in [2.45, 2.75) is 46.1 Å². The summed E-state index contributed by atoms with van der Waals surface area (Å²) in [4.78, 5) is 14.7. The maximum atomic E-state index is 14.5. The molecule has 0 aromatic heterocycles. The van der Waals surface area contributed by atoms with Gasteiger partial charge >= 0.3 is 0 Å². The number of aliphatic hydroxyl groups excluding tert-OH is 1. The van der Waals surface area contributed by atoms with Crippen LogP contribution in [0.1, 0.15) is 39.3 Å². The normalized spacial score (nSPS) is 20.0. The molecule has 1 heterocycles. The van der Waals surface area contributed by atoms with E-state index in [0.29, 0.717) is 5.56 Å². The minimum absolute atomic E-state index is 0.196. The van der Waals surface area contributed by atoms with Crippen LogP contribution < -0.4 is 10.4 Å². The van der Waals surface area contributed by atoms with Crippen molar-refractivity contribution in [1.82, 2.24) is 4.90 Å². The Labute approximate surface area is 224 Å². The lowest BCUT2D eigenvalue weighted by Crippen LogP contribution is -2.55. The first-order valence-electron chi connectivity index (χ1n) is 12.8. The van der Waals surface area contributed by atoms with E-state index in [9.17, 15) is 18.7 Å². The Morgan fingerprint density at radius 3 is 2.11 bits per heavy atom. The van der Waals surface area contributed by atoms with Crippen LogP contribution in [-0.2, 0) is 14.0 Å². The highest BCUT2D eigenvalue weighted by Gasteiger charge is 2.44. The lowest BCUT2D eigenvalue weighted by molar-refractivity contribution is -0.204. The zero-order valence-corrected chi connectivity index (χ0v) is 23.1. The number of carbonyl (C=O) groups excluding carboxylic acids is 1. The van der Waals surface area contributed by atoms with E-state index in [4.69, 9.17) is 9.16 Å². The van der Waals surface area contributed by atoms with Gasteiger partial charge < -0.3 is 19.2 Å². The Bertz CT molecular complexity index is 1180. The van der Waals surface area contributed by atoms with Gasteiger partial charge in [0.15, 0.2) is 11.6 Å². The predicted octanol–water partition coefficient (Wildman–Crippen LogP) is 4.06. The summed E-state index contributed by atoms with van der Waals surface area (Å²) in [5.41, 5.74) is 0.0260. The summed E-state index contributed by atoms with van der Waals surface area (Å²) in [5.74, 6) is -2.89. The second-order valence-corrected chi connectivity index (χ2v) is 12.9. The van der Waals surface area contributed by atoms with Gasteiger partial charge in [0.1, 0.15) is 0 Å². The van der Waals surface area contributed by atoms with Crippen LogP contribution in [0.25, 0.3) is 0 Å². The van der Waals surface area contributed by atoms with Crippen molar-refractivity contribution in [3.8, 4) is 0 Å². The Kier molecular flexibility index (Phi) is 8.77. The van der Waals surface area contributed by atoms with E-state index >= 15 is 0 Å². The summed E-state index contributed by atoms with van der Waals surface area (Å²) in [6, 6.07) is 23.0. The summed E-state index contributed by atoms with van der Waals surface area (Å²) in [5, 5.41) is 12.5. The monoisotopic (exact) mass is 538 g/mol. The van der Waals surface area contributed by atoms with Crippen molar-refractivity contribution in [2.75, 3.05) is 13.2 Å². The average Bonchev–Trinajstić information content (AvgIpc) is 2.88. The van der Waals surface area contributed by atoms with Crippen LogP contribution in [-0.4, -0.2) is 50.5 Å². The van der Waals surface area contributed by atoms with Crippen LogP contribution in [0, 0.1) is 23.0 Å². The van der Waals surface area contributed by atoms with Gasteiger partial charge in [-0.05, 0) is 40.4 Å². The number of rotatable bonds is 8. The molecule has 1 aliphatic heterocycles. The van der Waals surface area contributed by atoms with Crippen LogP contribution in [0.2, 0.25) is 0 Å². The Hall–Kier alpha value is -2.91. The number of hydrogen-bond acceptors (Lipinski definition) is 4.